The highest BCUT2D eigenvalue weighted by Gasteiger charge is 2.34. The quantitative estimate of drug-likeness (QED) is 0.816. The highest BCUT2D eigenvalue weighted by atomic mass is 32.1. The second kappa shape index (κ2) is 6.12. The van der Waals surface area contributed by atoms with Crippen molar-refractivity contribution in [1.82, 2.24) is 15.5 Å². The molecule has 0 spiro atoms. The van der Waals surface area contributed by atoms with E-state index in [4.69, 9.17) is 12.2 Å². The lowest BCUT2D eigenvalue weighted by Crippen LogP contribution is -2.59. The van der Waals surface area contributed by atoms with Gasteiger partial charge >= 0.3 is 0 Å². The Labute approximate surface area is 130 Å². The summed E-state index contributed by atoms with van der Waals surface area (Å²) in [5, 5.41) is 6.55. The third-order valence-corrected chi connectivity index (χ3v) is 4.73. The van der Waals surface area contributed by atoms with Gasteiger partial charge in [-0.15, -0.1) is 0 Å². The fourth-order valence-electron chi connectivity index (χ4n) is 3.21. The molecule has 2 bridgehead atoms. The van der Waals surface area contributed by atoms with E-state index in [1.54, 1.807) is 0 Å². The number of carbonyl (C=O) groups excluding carboxylic acids is 1. The molecular formula is C16H21N3OS. The van der Waals surface area contributed by atoms with Crippen molar-refractivity contribution in [2.75, 3.05) is 19.6 Å². The SMILES string of the molecule is Cc1ccc(C(=O)NC(=S)NC2CN3CCC2CC3)cc1. The summed E-state index contributed by atoms with van der Waals surface area (Å²) in [6.45, 7) is 5.43. The number of hydrogen-bond donors (Lipinski definition) is 2. The van der Waals surface area contributed by atoms with Crippen molar-refractivity contribution in [3.63, 3.8) is 0 Å². The van der Waals surface area contributed by atoms with E-state index in [9.17, 15) is 4.79 Å². The molecule has 4 nitrogen and oxygen atoms in total. The van der Waals surface area contributed by atoms with Crippen LogP contribution in [-0.4, -0.2) is 41.6 Å². The number of nitrogens with zero attached hydrogens (tertiary/aromatic N) is 1. The fourth-order valence-corrected chi connectivity index (χ4v) is 3.46. The number of carbonyl (C=O) groups is 1. The molecule has 0 aliphatic carbocycles. The van der Waals surface area contributed by atoms with Gasteiger partial charge in [-0.1, -0.05) is 17.7 Å². The smallest absolute Gasteiger partial charge is 0.257 e. The van der Waals surface area contributed by atoms with Gasteiger partial charge in [0.05, 0.1) is 0 Å². The molecule has 1 aromatic rings. The number of rotatable bonds is 2. The second-order valence-corrected chi connectivity index (χ2v) is 6.45. The van der Waals surface area contributed by atoms with Gasteiger partial charge in [0.1, 0.15) is 0 Å². The maximum atomic E-state index is 12.1. The average Bonchev–Trinajstić information content (AvgIpc) is 2.49. The molecule has 0 saturated carbocycles. The molecule has 1 amide bonds. The van der Waals surface area contributed by atoms with Gasteiger partial charge in [0, 0.05) is 18.2 Å². The summed E-state index contributed by atoms with van der Waals surface area (Å²) in [6.07, 6.45) is 2.46. The lowest BCUT2D eigenvalue weighted by Gasteiger charge is -2.45. The Hall–Kier alpha value is -1.46. The zero-order valence-electron chi connectivity index (χ0n) is 12.3. The molecule has 3 heterocycles. The van der Waals surface area contributed by atoms with Crippen LogP contribution < -0.4 is 10.6 Å². The fraction of sp³-hybridized carbons (Fsp3) is 0.500. The molecule has 5 heteroatoms. The van der Waals surface area contributed by atoms with Gasteiger partial charge < -0.3 is 10.2 Å². The first-order valence-electron chi connectivity index (χ1n) is 7.53. The summed E-state index contributed by atoms with van der Waals surface area (Å²) < 4.78 is 0. The Morgan fingerprint density at radius 1 is 1.24 bits per heavy atom. The van der Waals surface area contributed by atoms with Crippen LogP contribution in [0.15, 0.2) is 24.3 Å². The Morgan fingerprint density at radius 2 is 1.90 bits per heavy atom. The van der Waals surface area contributed by atoms with Crippen LogP contribution in [0.25, 0.3) is 0 Å². The maximum absolute atomic E-state index is 12.1. The van der Waals surface area contributed by atoms with Crippen molar-refractivity contribution in [2.45, 2.75) is 25.8 Å². The average molecular weight is 303 g/mol. The van der Waals surface area contributed by atoms with Gasteiger partial charge in [-0.3, -0.25) is 10.1 Å². The number of piperidine rings is 3. The molecule has 3 aliphatic rings. The predicted molar refractivity (Wildman–Crippen MR) is 87.3 cm³/mol. The van der Waals surface area contributed by atoms with Gasteiger partial charge in [-0.25, -0.2) is 0 Å². The van der Waals surface area contributed by atoms with E-state index in [-0.39, 0.29) is 5.91 Å². The van der Waals surface area contributed by atoms with Crippen LogP contribution in [0.5, 0.6) is 0 Å². The van der Waals surface area contributed by atoms with Crippen molar-refractivity contribution in [3.8, 4) is 0 Å². The van der Waals surface area contributed by atoms with E-state index in [1.807, 2.05) is 31.2 Å². The number of amides is 1. The Morgan fingerprint density at radius 3 is 2.48 bits per heavy atom. The first-order valence-corrected chi connectivity index (χ1v) is 7.93. The molecule has 3 aliphatic heterocycles. The number of thiocarbonyl (C=S) groups is 1. The zero-order valence-corrected chi connectivity index (χ0v) is 13.1. The molecule has 2 N–H and O–H groups in total. The highest BCUT2D eigenvalue weighted by Crippen LogP contribution is 2.27. The molecule has 112 valence electrons. The van der Waals surface area contributed by atoms with E-state index in [0.29, 0.717) is 22.6 Å². The van der Waals surface area contributed by atoms with Gasteiger partial charge in [0.2, 0.25) is 0 Å². The van der Waals surface area contributed by atoms with Crippen molar-refractivity contribution >= 4 is 23.2 Å². The van der Waals surface area contributed by atoms with E-state index in [2.05, 4.69) is 15.5 Å². The molecule has 0 aromatic heterocycles. The second-order valence-electron chi connectivity index (χ2n) is 6.04. The molecule has 3 fully saturated rings. The van der Waals surface area contributed by atoms with Crippen LogP contribution >= 0.6 is 12.2 Å². The monoisotopic (exact) mass is 303 g/mol. The lowest BCUT2D eigenvalue weighted by molar-refractivity contribution is 0.0807. The minimum Gasteiger partial charge on any atom is -0.358 e. The van der Waals surface area contributed by atoms with Crippen LogP contribution in [0, 0.1) is 12.8 Å². The van der Waals surface area contributed by atoms with E-state index >= 15 is 0 Å². The predicted octanol–water partition coefficient (Wildman–Crippen LogP) is 1.69. The third-order valence-electron chi connectivity index (χ3n) is 4.51. The maximum Gasteiger partial charge on any atom is 0.257 e. The van der Waals surface area contributed by atoms with Crippen LogP contribution in [-0.2, 0) is 0 Å². The minimum atomic E-state index is -0.145. The third kappa shape index (κ3) is 3.41. The molecule has 0 radical (unpaired) electrons. The van der Waals surface area contributed by atoms with Crippen LogP contribution in [0.2, 0.25) is 0 Å². The van der Waals surface area contributed by atoms with Gasteiger partial charge in [0.25, 0.3) is 5.91 Å². The van der Waals surface area contributed by atoms with Crippen LogP contribution in [0.4, 0.5) is 0 Å². The zero-order chi connectivity index (χ0) is 14.8. The number of fused-ring (bicyclic) bond motifs is 3. The van der Waals surface area contributed by atoms with Gasteiger partial charge in [-0.05, 0) is 63.1 Å². The van der Waals surface area contributed by atoms with Crippen molar-refractivity contribution < 1.29 is 4.79 Å². The minimum absolute atomic E-state index is 0.145. The Balaban J connectivity index is 1.54. The molecule has 21 heavy (non-hydrogen) atoms. The number of aryl methyl sites for hydroxylation is 1. The molecule has 4 rings (SSSR count). The first-order chi connectivity index (χ1) is 10.1. The largest absolute Gasteiger partial charge is 0.358 e. The number of nitrogens with one attached hydrogen (secondary N) is 2. The van der Waals surface area contributed by atoms with E-state index < -0.39 is 0 Å². The number of hydrogen-bond acceptors (Lipinski definition) is 3. The van der Waals surface area contributed by atoms with Crippen molar-refractivity contribution in [3.05, 3.63) is 35.4 Å². The Bertz CT molecular complexity index is 535. The summed E-state index contributed by atoms with van der Waals surface area (Å²) >= 11 is 5.29. The highest BCUT2D eigenvalue weighted by molar-refractivity contribution is 7.80. The molecule has 1 aromatic carbocycles. The lowest BCUT2D eigenvalue weighted by atomic mass is 9.84. The molecule has 1 unspecified atom stereocenters. The van der Waals surface area contributed by atoms with Crippen LogP contribution in [0.3, 0.4) is 0 Å². The summed E-state index contributed by atoms with van der Waals surface area (Å²) in [6, 6.07) is 7.87. The number of benzene rings is 1. The van der Waals surface area contributed by atoms with E-state index in [1.165, 1.54) is 25.9 Å². The Kier molecular flexibility index (Phi) is 4.22. The summed E-state index contributed by atoms with van der Waals surface area (Å²) in [4.78, 5) is 14.6. The van der Waals surface area contributed by atoms with Crippen molar-refractivity contribution in [1.29, 1.82) is 0 Å². The van der Waals surface area contributed by atoms with Crippen molar-refractivity contribution in [2.24, 2.45) is 5.92 Å². The summed E-state index contributed by atoms with van der Waals surface area (Å²) in [5.74, 6) is 0.540. The van der Waals surface area contributed by atoms with E-state index in [0.717, 1.165) is 12.1 Å². The molecule has 1 atom stereocenters. The van der Waals surface area contributed by atoms with Crippen LogP contribution in [0.1, 0.15) is 28.8 Å². The summed E-state index contributed by atoms with van der Waals surface area (Å²) in [7, 11) is 0. The summed E-state index contributed by atoms with van der Waals surface area (Å²) in [5.41, 5.74) is 1.78. The first kappa shape index (κ1) is 14.5. The van der Waals surface area contributed by atoms with Gasteiger partial charge in [0.15, 0.2) is 5.11 Å². The molecular weight excluding hydrogens is 282 g/mol. The van der Waals surface area contributed by atoms with Gasteiger partial charge in [-0.2, -0.15) is 0 Å². The standard InChI is InChI=1S/C16H21N3OS/c1-11-2-4-13(5-3-11)15(20)18-16(21)17-14-10-19-8-6-12(14)7-9-19/h2-5,12,14H,6-10H2,1H3,(H2,17,18,20,21). The molecule has 3 saturated heterocycles. The normalized spacial score (nSPS) is 27.2. The topological polar surface area (TPSA) is 44.4 Å².